The van der Waals surface area contributed by atoms with E-state index in [0.29, 0.717) is 19.6 Å². The third kappa shape index (κ3) is 2.41. The first-order chi connectivity index (χ1) is 8.39. The van der Waals surface area contributed by atoms with Gasteiger partial charge < -0.3 is 15.7 Å². The number of nitrogens with two attached hydrogens (primary N) is 1. The molecule has 2 unspecified atom stereocenters. The fraction of sp³-hybridized carbons (Fsp3) is 0.929. The van der Waals surface area contributed by atoms with E-state index in [2.05, 4.69) is 0 Å². The van der Waals surface area contributed by atoms with Gasteiger partial charge >= 0.3 is 0 Å². The third-order valence-electron chi connectivity index (χ3n) is 4.80. The summed E-state index contributed by atoms with van der Waals surface area (Å²) in [6, 6.07) is 0. The number of rotatable bonds is 2. The standard InChI is InChI=1S/C14H26N2O2/c1-13(2,10-15)12(17)16-8-7-14(18)6-4-3-5-11(14)9-16/h11,18H,3-10,15H2,1-2H3. The van der Waals surface area contributed by atoms with E-state index in [9.17, 15) is 9.90 Å². The largest absolute Gasteiger partial charge is 0.389 e. The van der Waals surface area contributed by atoms with E-state index in [0.717, 1.165) is 25.7 Å². The number of amides is 1. The number of aliphatic hydroxyl groups is 1. The minimum absolute atomic E-state index is 0.137. The molecule has 1 heterocycles. The maximum atomic E-state index is 12.4. The molecule has 2 rings (SSSR count). The van der Waals surface area contributed by atoms with Gasteiger partial charge in [-0.15, -0.1) is 0 Å². The number of likely N-dealkylation sites (tertiary alicyclic amines) is 1. The van der Waals surface area contributed by atoms with E-state index in [1.807, 2.05) is 18.7 Å². The van der Waals surface area contributed by atoms with Crippen LogP contribution in [0.2, 0.25) is 0 Å². The molecule has 0 aromatic rings. The van der Waals surface area contributed by atoms with Gasteiger partial charge in [-0.3, -0.25) is 4.79 Å². The summed E-state index contributed by atoms with van der Waals surface area (Å²) in [4.78, 5) is 14.3. The van der Waals surface area contributed by atoms with Crippen molar-refractivity contribution in [2.45, 2.75) is 51.6 Å². The average molecular weight is 254 g/mol. The maximum Gasteiger partial charge on any atom is 0.229 e. The number of carbonyl (C=O) groups excluding carboxylic acids is 1. The van der Waals surface area contributed by atoms with Crippen LogP contribution in [0.1, 0.15) is 46.0 Å². The molecule has 1 saturated heterocycles. The lowest BCUT2D eigenvalue weighted by Crippen LogP contribution is -2.57. The Hall–Kier alpha value is -0.610. The van der Waals surface area contributed by atoms with E-state index in [-0.39, 0.29) is 11.8 Å². The van der Waals surface area contributed by atoms with E-state index in [4.69, 9.17) is 5.73 Å². The fourth-order valence-corrected chi connectivity index (χ4v) is 3.27. The van der Waals surface area contributed by atoms with Crippen LogP contribution in [0.15, 0.2) is 0 Å². The molecule has 1 aliphatic carbocycles. The molecule has 1 amide bonds. The highest BCUT2D eigenvalue weighted by atomic mass is 16.3. The van der Waals surface area contributed by atoms with Crippen LogP contribution in [0.5, 0.6) is 0 Å². The smallest absolute Gasteiger partial charge is 0.229 e. The molecular formula is C14H26N2O2. The van der Waals surface area contributed by atoms with Gasteiger partial charge in [0.2, 0.25) is 5.91 Å². The van der Waals surface area contributed by atoms with Gasteiger partial charge in [-0.1, -0.05) is 12.8 Å². The summed E-state index contributed by atoms with van der Waals surface area (Å²) in [6.07, 6.45) is 4.97. The summed E-state index contributed by atoms with van der Waals surface area (Å²) in [5, 5.41) is 10.6. The van der Waals surface area contributed by atoms with Crippen LogP contribution in [0, 0.1) is 11.3 Å². The van der Waals surface area contributed by atoms with Crippen molar-refractivity contribution >= 4 is 5.91 Å². The molecule has 0 aromatic heterocycles. The zero-order valence-corrected chi connectivity index (χ0v) is 11.6. The molecule has 0 aromatic carbocycles. The number of carbonyl (C=O) groups is 1. The number of hydrogen-bond acceptors (Lipinski definition) is 3. The van der Waals surface area contributed by atoms with Crippen molar-refractivity contribution < 1.29 is 9.90 Å². The van der Waals surface area contributed by atoms with Crippen molar-refractivity contribution in [3.05, 3.63) is 0 Å². The van der Waals surface area contributed by atoms with Crippen molar-refractivity contribution in [1.82, 2.24) is 4.90 Å². The molecule has 2 atom stereocenters. The Morgan fingerprint density at radius 2 is 2.17 bits per heavy atom. The Morgan fingerprint density at radius 1 is 1.44 bits per heavy atom. The molecular weight excluding hydrogens is 228 g/mol. The van der Waals surface area contributed by atoms with Crippen molar-refractivity contribution in [1.29, 1.82) is 0 Å². The molecule has 0 bridgehead atoms. The minimum Gasteiger partial charge on any atom is -0.389 e. The maximum absolute atomic E-state index is 12.4. The monoisotopic (exact) mass is 254 g/mol. The molecule has 4 nitrogen and oxygen atoms in total. The van der Waals surface area contributed by atoms with Crippen LogP contribution in [-0.4, -0.2) is 41.1 Å². The van der Waals surface area contributed by atoms with Crippen molar-refractivity contribution in [2.24, 2.45) is 17.1 Å². The first-order valence-corrected chi connectivity index (χ1v) is 7.11. The topological polar surface area (TPSA) is 66.6 Å². The molecule has 3 N–H and O–H groups in total. The highest BCUT2D eigenvalue weighted by molar-refractivity contribution is 5.82. The second-order valence-corrected chi connectivity index (χ2v) is 6.64. The Morgan fingerprint density at radius 3 is 2.83 bits per heavy atom. The molecule has 18 heavy (non-hydrogen) atoms. The number of fused-ring (bicyclic) bond motifs is 1. The van der Waals surface area contributed by atoms with Gasteiger partial charge in [0.05, 0.1) is 11.0 Å². The summed E-state index contributed by atoms with van der Waals surface area (Å²) in [5.41, 5.74) is 4.68. The highest BCUT2D eigenvalue weighted by Crippen LogP contribution is 2.40. The van der Waals surface area contributed by atoms with Crippen LogP contribution in [0.4, 0.5) is 0 Å². The first-order valence-electron chi connectivity index (χ1n) is 7.11. The fourth-order valence-electron chi connectivity index (χ4n) is 3.27. The lowest BCUT2D eigenvalue weighted by molar-refractivity contribution is -0.151. The van der Waals surface area contributed by atoms with Gasteiger partial charge in [-0.25, -0.2) is 0 Å². The van der Waals surface area contributed by atoms with Crippen molar-refractivity contribution in [2.75, 3.05) is 19.6 Å². The van der Waals surface area contributed by atoms with Gasteiger partial charge in [0.25, 0.3) is 0 Å². The van der Waals surface area contributed by atoms with Gasteiger partial charge in [-0.2, -0.15) is 0 Å². The van der Waals surface area contributed by atoms with Gasteiger partial charge in [0.15, 0.2) is 0 Å². The summed E-state index contributed by atoms with van der Waals surface area (Å²) < 4.78 is 0. The average Bonchev–Trinajstić information content (AvgIpc) is 2.36. The lowest BCUT2D eigenvalue weighted by Gasteiger charge is -2.48. The first kappa shape index (κ1) is 13.8. The summed E-state index contributed by atoms with van der Waals surface area (Å²) in [5.74, 6) is 0.398. The molecule has 2 fully saturated rings. The Bertz CT molecular complexity index is 330. The Kier molecular flexibility index (Phi) is 3.70. The van der Waals surface area contributed by atoms with E-state index in [1.165, 1.54) is 6.42 Å². The van der Waals surface area contributed by atoms with E-state index < -0.39 is 11.0 Å². The Balaban J connectivity index is 2.05. The van der Waals surface area contributed by atoms with E-state index in [1.54, 1.807) is 0 Å². The number of hydrogen-bond donors (Lipinski definition) is 2. The van der Waals surface area contributed by atoms with Crippen LogP contribution >= 0.6 is 0 Å². The molecule has 1 saturated carbocycles. The quantitative estimate of drug-likeness (QED) is 0.776. The van der Waals surface area contributed by atoms with Gasteiger partial charge in [0, 0.05) is 25.6 Å². The van der Waals surface area contributed by atoms with Crippen LogP contribution in [0.3, 0.4) is 0 Å². The zero-order valence-electron chi connectivity index (χ0n) is 11.6. The lowest BCUT2D eigenvalue weighted by atomic mass is 9.71. The van der Waals surface area contributed by atoms with E-state index >= 15 is 0 Å². The zero-order chi connectivity index (χ0) is 13.4. The molecule has 104 valence electrons. The highest BCUT2D eigenvalue weighted by Gasteiger charge is 2.45. The SMILES string of the molecule is CC(C)(CN)C(=O)N1CCC2(O)CCCCC2C1. The second-order valence-electron chi connectivity index (χ2n) is 6.64. The Labute approximate surface area is 110 Å². The normalized spacial score (nSPS) is 33.1. The van der Waals surface area contributed by atoms with Crippen LogP contribution in [0.25, 0.3) is 0 Å². The second kappa shape index (κ2) is 4.82. The van der Waals surface area contributed by atoms with Crippen molar-refractivity contribution in [3.63, 3.8) is 0 Å². The van der Waals surface area contributed by atoms with Crippen molar-refractivity contribution in [3.8, 4) is 0 Å². The summed E-state index contributed by atoms with van der Waals surface area (Å²) >= 11 is 0. The summed E-state index contributed by atoms with van der Waals surface area (Å²) in [6.45, 7) is 5.55. The summed E-state index contributed by atoms with van der Waals surface area (Å²) in [7, 11) is 0. The number of piperidine rings is 1. The molecule has 4 heteroatoms. The van der Waals surface area contributed by atoms with Crippen LogP contribution < -0.4 is 5.73 Å². The van der Waals surface area contributed by atoms with Crippen LogP contribution in [-0.2, 0) is 4.79 Å². The molecule has 0 radical (unpaired) electrons. The van der Waals surface area contributed by atoms with Gasteiger partial charge in [-0.05, 0) is 33.1 Å². The number of nitrogens with zero attached hydrogens (tertiary/aromatic N) is 1. The minimum atomic E-state index is -0.512. The molecule has 0 spiro atoms. The molecule has 2 aliphatic rings. The van der Waals surface area contributed by atoms with Gasteiger partial charge in [0.1, 0.15) is 0 Å². The predicted octanol–water partition coefficient (Wildman–Crippen LogP) is 1.12. The molecule has 1 aliphatic heterocycles. The predicted molar refractivity (Wildman–Crippen MR) is 70.9 cm³/mol. The third-order valence-corrected chi connectivity index (χ3v) is 4.80.